The van der Waals surface area contributed by atoms with Crippen LogP contribution in [0.4, 0.5) is 18.9 Å². The summed E-state index contributed by atoms with van der Waals surface area (Å²) in [7, 11) is 0. The lowest BCUT2D eigenvalue weighted by molar-refractivity contribution is -0.115. The maximum atomic E-state index is 13.5. The highest BCUT2D eigenvalue weighted by Crippen LogP contribution is 2.22. The zero-order valence-corrected chi connectivity index (χ0v) is 12.6. The van der Waals surface area contributed by atoms with Gasteiger partial charge < -0.3 is 5.32 Å². The highest BCUT2D eigenvalue weighted by Gasteiger charge is 2.16. The largest absolute Gasteiger partial charge is 0.323 e. The molecule has 0 saturated carbocycles. The third kappa shape index (κ3) is 4.27. The molecule has 2 rings (SSSR count). The molecule has 1 atom stereocenters. The first-order valence-electron chi connectivity index (χ1n) is 6.58. The van der Waals surface area contributed by atoms with Crippen LogP contribution in [0.15, 0.2) is 42.5 Å². The smallest absolute Gasteiger partial charge is 0.237 e. The van der Waals surface area contributed by atoms with Gasteiger partial charge in [-0.2, -0.15) is 0 Å². The van der Waals surface area contributed by atoms with E-state index in [1.165, 1.54) is 17.8 Å². The number of rotatable bonds is 5. The van der Waals surface area contributed by atoms with Crippen LogP contribution in [0.5, 0.6) is 0 Å². The number of nitrogens with one attached hydrogen (secondary N) is 1. The number of hydrogen-bond donors (Lipinski definition) is 1. The number of anilines is 1. The average Bonchev–Trinajstić information content (AvgIpc) is 2.49. The predicted molar refractivity (Wildman–Crippen MR) is 82.1 cm³/mol. The second-order valence-corrected chi connectivity index (χ2v) is 5.99. The third-order valence-corrected chi connectivity index (χ3v) is 4.20. The Hall–Kier alpha value is -1.95. The van der Waals surface area contributed by atoms with E-state index >= 15 is 0 Å². The normalized spacial score (nSPS) is 12.0. The van der Waals surface area contributed by atoms with E-state index in [1.54, 1.807) is 25.1 Å². The predicted octanol–water partition coefficient (Wildman–Crippen LogP) is 4.36. The van der Waals surface area contributed by atoms with Crippen molar-refractivity contribution >= 4 is 23.4 Å². The van der Waals surface area contributed by atoms with Gasteiger partial charge in [0.15, 0.2) is 0 Å². The molecule has 1 amide bonds. The molecule has 0 saturated heterocycles. The molecule has 0 aliphatic carbocycles. The van der Waals surface area contributed by atoms with Crippen LogP contribution in [-0.2, 0) is 10.5 Å². The minimum atomic E-state index is -0.834. The first kappa shape index (κ1) is 16.4. The number of thioether (sulfide) groups is 1. The molecule has 0 radical (unpaired) electrons. The summed E-state index contributed by atoms with van der Waals surface area (Å²) < 4.78 is 39.7. The molecule has 1 unspecified atom stereocenters. The Morgan fingerprint density at radius 3 is 2.55 bits per heavy atom. The number of benzene rings is 2. The first-order chi connectivity index (χ1) is 10.5. The van der Waals surface area contributed by atoms with Gasteiger partial charge in [-0.05, 0) is 30.7 Å². The fourth-order valence-electron chi connectivity index (χ4n) is 1.73. The van der Waals surface area contributed by atoms with E-state index in [2.05, 4.69) is 5.32 Å². The van der Waals surface area contributed by atoms with Crippen molar-refractivity contribution in [1.82, 2.24) is 0 Å². The van der Waals surface area contributed by atoms with Gasteiger partial charge in [0.25, 0.3) is 0 Å². The monoisotopic (exact) mass is 325 g/mol. The molecule has 2 nitrogen and oxygen atoms in total. The van der Waals surface area contributed by atoms with Crippen LogP contribution in [0.3, 0.4) is 0 Å². The van der Waals surface area contributed by atoms with Gasteiger partial charge in [0.05, 0.1) is 10.9 Å². The number of carbonyl (C=O) groups excluding carboxylic acids is 1. The van der Waals surface area contributed by atoms with Crippen molar-refractivity contribution in [3.8, 4) is 0 Å². The van der Waals surface area contributed by atoms with E-state index in [0.717, 1.165) is 12.1 Å². The molecular formula is C16H14F3NOS. The Balaban J connectivity index is 1.93. The van der Waals surface area contributed by atoms with Crippen molar-refractivity contribution in [2.45, 2.75) is 17.9 Å². The summed E-state index contributed by atoms with van der Waals surface area (Å²) in [5.74, 6) is -1.97. The number of halogens is 3. The van der Waals surface area contributed by atoms with Gasteiger partial charge in [-0.25, -0.2) is 13.2 Å². The second-order valence-electron chi connectivity index (χ2n) is 4.66. The number of hydrogen-bond acceptors (Lipinski definition) is 2. The molecule has 0 heterocycles. The fraction of sp³-hybridized carbons (Fsp3) is 0.188. The van der Waals surface area contributed by atoms with Gasteiger partial charge >= 0.3 is 0 Å². The Morgan fingerprint density at radius 2 is 1.86 bits per heavy atom. The molecule has 0 aromatic heterocycles. The first-order valence-corrected chi connectivity index (χ1v) is 7.63. The molecule has 116 valence electrons. The molecule has 0 spiro atoms. The van der Waals surface area contributed by atoms with E-state index < -0.39 is 22.8 Å². The summed E-state index contributed by atoms with van der Waals surface area (Å²) in [6.45, 7) is 1.64. The summed E-state index contributed by atoms with van der Waals surface area (Å²) in [4.78, 5) is 12.0. The zero-order chi connectivity index (χ0) is 16.1. The van der Waals surface area contributed by atoms with Crippen LogP contribution in [0, 0.1) is 17.5 Å². The summed E-state index contributed by atoms with van der Waals surface area (Å²) >= 11 is 1.23. The van der Waals surface area contributed by atoms with Crippen molar-refractivity contribution < 1.29 is 18.0 Å². The van der Waals surface area contributed by atoms with E-state index in [-0.39, 0.29) is 11.5 Å². The van der Waals surface area contributed by atoms with Gasteiger partial charge in [-0.3, -0.25) is 4.79 Å². The third-order valence-electron chi connectivity index (χ3n) is 3.00. The topological polar surface area (TPSA) is 29.1 Å². The highest BCUT2D eigenvalue weighted by molar-refractivity contribution is 7.99. The molecule has 2 aromatic carbocycles. The van der Waals surface area contributed by atoms with Crippen LogP contribution in [0.25, 0.3) is 0 Å². The maximum Gasteiger partial charge on any atom is 0.237 e. The summed E-state index contributed by atoms with van der Waals surface area (Å²) in [6.07, 6.45) is 0. The molecule has 1 N–H and O–H groups in total. The van der Waals surface area contributed by atoms with Gasteiger partial charge in [0.1, 0.15) is 17.5 Å². The SMILES string of the molecule is CC(SCc1ccccc1F)C(=O)Nc1ccc(F)cc1F. The van der Waals surface area contributed by atoms with Gasteiger partial charge in [0.2, 0.25) is 5.91 Å². The molecule has 22 heavy (non-hydrogen) atoms. The lowest BCUT2D eigenvalue weighted by Gasteiger charge is -2.13. The van der Waals surface area contributed by atoms with Crippen molar-refractivity contribution in [1.29, 1.82) is 0 Å². The fourth-order valence-corrected chi connectivity index (χ4v) is 2.61. The van der Waals surface area contributed by atoms with Crippen LogP contribution in [0.1, 0.15) is 12.5 Å². The van der Waals surface area contributed by atoms with Crippen LogP contribution < -0.4 is 5.32 Å². The highest BCUT2D eigenvalue weighted by atomic mass is 32.2. The van der Waals surface area contributed by atoms with Crippen LogP contribution >= 0.6 is 11.8 Å². The molecule has 0 bridgehead atoms. The Bertz CT molecular complexity index is 678. The van der Waals surface area contributed by atoms with E-state index in [1.807, 2.05) is 0 Å². The molecule has 0 fully saturated rings. The van der Waals surface area contributed by atoms with Crippen LogP contribution in [-0.4, -0.2) is 11.2 Å². The standard InChI is InChI=1S/C16H14F3NOS/c1-10(22-9-11-4-2-3-5-13(11)18)16(21)20-15-7-6-12(17)8-14(15)19/h2-8,10H,9H2,1H3,(H,20,21). The molecule has 0 aliphatic rings. The van der Waals surface area contributed by atoms with Crippen molar-refractivity contribution in [3.05, 3.63) is 65.5 Å². The second kappa shape index (κ2) is 7.35. The van der Waals surface area contributed by atoms with Crippen LogP contribution in [0.2, 0.25) is 0 Å². The Morgan fingerprint density at radius 1 is 1.14 bits per heavy atom. The van der Waals surface area contributed by atoms with E-state index in [0.29, 0.717) is 17.4 Å². The van der Waals surface area contributed by atoms with Crippen molar-refractivity contribution in [2.24, 2.45) is 0 Å². The lowest BCUT2D eigenvalue weighted by Crippen LogP contribution is -2.23. The van der Waals surface area contributed by atoms with Crippen molar-refractivity contribution in [2.75, 3.05) is 5.32 Å². The molecule has 2 aromatic rings. The molecule has 0 aliphatic heterocycles. The van der Waals surface area contributed by atoms with E-state index in [4.69, 9.17) is 0 Å². The quantitative estimate of drug-likeness (QED) is 0.885. The van der Waals surface area contributed by atoms with Gasteiger partial charge in [-0.1, -0.05) is 18.2 Å². The summed E-state index contributed by atoms with van der Waals surface area (Å²) in [5, 5.41) is 1.88. The van der Waals surface area contributed by atoms with E-state index in [9.17, 15) is 18.0 Å². The van der Waals surface area contributed by atoms with Gasteiger partial charge in [-0.15, -0.1) is 11.8 Å². The van der Waals surface area contributed by atoms with Gasteiger partial charge in [0, 0.05) is 11.8 Å². The minimum Gasteiger partial charge on any atom is -0.323 e. The Kier molecular flexibility index (Phi) is 5.49. The van der Waals surface area contributed by atoms with Crippen molar-refractivity contribution in [3.63, 3.8) is 0 Å². The Labute approximate surface area is 130 Å². The maximum absolute atomic E-state index is 13.5. The summed E-state index contributed by atoms with van der Waals surface area (Å²) in [5.41, 5.74) is 0.421. The lowest BCUT2D eigenvalue weighted by atomic mass is 10.2. The minimum absolute atomic E-state index is 0.0789. The zero-order valence-electron chi connectivity index (χ0n) is 11.8. The summed E-state index contributed by atoms with van der Waals surface area (Å²) in [6, 6.07) is 9.25. The number of amides is 1. The molecular weight excluding hydrogens is 311 g/mol. The molecule has 6 heteroatoms. The average molecular weight is 325 g/mol. The number of carbonyl (C=O) groups is 1.